The Balaban J connectivity index is 0.970. The molecular weight excluding hydrogens is 643 g/mol. The summed E-state index contributed by atoms with van der Waals surface area (Å²) in [6.07, 6.45) is 17.3. The highest BCUT2D eigenvalue weighted by Crippen LogP contribution is 2.62. The standard InChI is InChI=1S/C50H49N3/c1-30-14-47(52-43-8-4-2-6-39(43)41-22-37(10-12-45(41)52)49-24-31-16-32(25-49)18-33(17-31)26-49)51-48(15-30)53-44-9-5-3-7-40(44)42-23-38(11-13-46(42)53)50-27-34-19-35(28-50)21-36(20-34)29-50/h2-15,22-23,31-36H,16-21,24-29H2,1H3. The van der Waals surface area contributed by atoms with Gasteiger partial charge < -0.3 is 0 Å². The van der Waals surface area contributed by atoms with Gasteiger partial charge >= 0.3 is 0 Å². The highest BCUT2D eigenvalue weighted by Gasteiger charge is 2.53. The van der Waals surface area contributed by atoms with Crippen LogP contribution in [0.25, 0.3) is 55.2 Å². The molecule has 0 unspecified atom stereocenters. The van der Waals surface area contributed by atoms with Crippen LogP contribution in [0.4, 0.5) is 0 Å². The smallest absolute Gasteiger partial charge is 0.140 e. The molecule has 3 heteroatoms. The zero-order valence-corrected chi connectivity index (χ0v) is 31.0. The van der Waals surface area contributed by atoms with E-state index in [1.54, 1.807) is 11.1 Å². The Kier molecular flexibility index (Phi) is 5.91. The summed E-state index contributed by atoms with van der Waals surface area (Å²) in [4.78, 5) is 5.60. The molecular formula is C50H49N3. The number of benzene rings is 4. The lowest BCUT2D eigenvalue weighted by molar-refractivity contribution is -0.00524. The van der Waals surface area contributed by atoms with Crippen LogP contribution in [0, 0.1) is 42.4 Å². The minimum Gasteiger partial charge on any atom is -0.294 e. The van der Waals surface area contributed by atoms with E-state index in [4.69, 9.17) is 4.98 Å². The van der Waals surface area contributed by atoms with Gasteiger partial charge in [0, 0.05) is 21.5 Å². The van der Waals surface area contributed by atoms with Gasteiger partial charge in [-0.2, -0.15) is 0 Å². The van der Waals surface area contributed by atoms with Crippen molar-refractivity contribution in [3.63, 3.8) is 0 Å². The summed E-state index contributed by atoms with van der Waals surface area (Å²) in [7, 11) is 0. The Morgan fingerprint density at radius 2 is 0.792 bits per heavy atom. The first-order valence-electron chi connectivity index (χ1n) is 21.0. The Labute approximate surface area is 312 Å². The maximum absolute atomic E-state index is 5.60. The molecule has 3 aromatic heterocycles. The molecule has 0 N–H and O–H groups in total. The minimum atomic E-state index is 0.382. The van der Waals surface area contributed by atoms with Crippen LogP contribution >= 0.6 is 0 Å². The fourth-order valence-corrected chi connectivity index (χ4v) is 14.9. The zero-order valence-electron chi connectivity index (χ0n) is 31.0. The molecule has 0 aliphatic heterocycles. The summed E-state index contributed by atoms with van der Waals surface area (Å²) < 4.78 is 4.90. The molecule has 0 saturated heterocycles. The molecule has 4 aromatic carbocycles. The third kappa shape index (κ3) is 4.20. The van der Waals surface area contributed by atoms with E-state index in [1.807, 2.05) is 0 Å². The molecule has 8 saturated carbocycles. The molecule has 53 heavy (non-hydrogen) atoms. The summed E-state index contributed by atoms with van der Waals surface area (Å²) >= 11 is 0. The van der Waals surface area contributed by atoms with E-state index in [9.17, 15) is 0 Å². The molecule has 8 aliphatic rings. The van der Waals surface area contributed by atoms with Crippen molar-refractivity contribution in [2.24, 2.45) is 35.5 Å². The first-order chi connectivity index (χ1) is 26.0. The number of pyridine rings is 1. The summed E-state index contributed by atoms with van der Waals surface area (Å²) in [5.74, 6) is 7.66. The van der Waals surface area contributed by atoms with Crippen molar-refractivity contribution in [3.8, 4) is 11.6 Å². The van der Waals surface area contributed by atoms with Crippen LogP contribution in [-0.4, -0.2) is 14.1 Å². The molecule has 8 aliphatic carbocycles. The number of nitrogens with zero attached hydrogens (tertiary/aromatic N) is 3. The average Bonchev–Trinajstić information content (AvgIpc) is 3.66. The van der Waals surface area contributed by atoms with Crippen molar-refractivity contribution in [1.82, 2.24) is 14.1 Å². The minimum absolute atomic E-state index is 0.382. The second-order valence-corrected chi connectivity index (χ2v) is 19.4. The van der Waals surface area contributed by atoms with Gasteiger partial charge in [0.15, 0.2) is 0 Å². The van der Waals surface area contributed by atoms with Crippen molar-refractivity contribution >= 4 is 43.6 Å². The second-order valence-electron chi connectivity index (χ2n) is 19.4. The van der Waals surface area contributed by atoms with Gasteiger partial charge in [-0.3, -0.25) is 9.13 Å². The predicted molar refractivity (Wildman–Crippen MR) is 217 cm³/mol. The van der Waals surface area contributed by atoms with Crippen LogP contribution in [0.3, 0.4) is 0 Å². The van der Waals surface area contributed by atoms with Crippen LogP contribution in [-0.2, 0) is 10.8 Å². The van der Waals surface area contributed by atoms with Gasteiger partial charge in [0.1, 0.15) is 11.6 Å². The Morgan fingerprint density at radius 1 is 0.434 bits per heavy atom. The van der Waals surface area contributed by atoms with Crippen molar-refractivity contribution in [2.45, 2.75) is 94.8 Å². The van der Waals surface area contributed by atoms with Gasteiger partial charge in [0.25, 0.3) is 0 Å². The van der Waals surface area contributed by atoms with Gasteiger partial charge in [0.2, 0.25) is 0 Å². The molecule has 0 atom stereocenters. The Hall–Kier alpha value is -4.37. The van der Waals surface area contributed by atoms with Crippen molar-refractivity contribution < 1.29 is 0 Å². The SMILES string of the molecule is Cc1cc(-n2c3ccccc3c3cc(C45CC6CC(CC(C6)C4)C5)ccc32)nc(-n2c3ccccc3c3cc(C45CC6CC(CC(C6)C4)C5)ccc32)c1. The molecule has 0 spiro atoms. The average molecular weight is 692 g/mol. The number of para-hydroxylation sites is 2. The maximum Gasteiger partial charge on any atom is 0.140 e. The Bertz CT molecular complexity index is 2420. The van der Waals surface area contributed by atoms with Crippen LogP contribution in [0.5, 0.6) is 0 Å². The third-order valence-electron chi connectivity index (χ3n) is 16.0. The quantitative estimate of drug-likeness (QED) is 0.180. The number of aryl methyl sites for hydroxylation is 1. The Morgan fingerprint density at radius 3 is 1.19 bits per heavy atom. The van der Waals surface area contributed by atoms with E-state index in [-0.39, 0.29) is 0 Å². The number of hydrogen-bond donors (Lipinski definition) is 0. The van der Waals surface area contributed by atoms with E-state index in [2.05, 4.69) is 113 Å². The number of rotatable bonds is 4. The van der Waals surface area contributed by atoms with E-state index in [0.29, 0.717) is 10.8 Å². The third-order valence-corrected chi connectivity index (χ3v) is 16.0. The van der Waals surface area contributed by atoms with Gasteiger partial charge in [-0.25, -0.2) is 4.98 Å². The lowest BCUT2D eigenvalue weighted by atomic mass is 9.48. The summed E-state index contributed by atoms with van der Waals surface area (Å²) in [5.41, 5.74) is 10.2. The van der Waals surface area contributed by atoms with Crippen molar-refractivity contribution in [3.05, 3.63) is 114 Å². The van der Waals surface area contributed by atoms with Gasteiger partial charge in [0.05, 0.1) is 22.1 Å². The fourth-order valence-electron chi connectivity index (χ4n) is 14.9. The first-order valence-corrected chi connectivity index (χ1v) is 21.0. The summed E-state index contributed by atoms with van der Waals surface area (Å²) in [6, 6.07) is 37.8. The molecule has 3 nitrogen and oxygen atoms in total. The predicted octanol–water partition coefficient (Wildman–Crippen LogP) is 12.5. The lowest BCUT2D eigenvalue weighted by Crippen LogP contribution is -2.48. The molecule has 3 heterocycles. The van der Waals surface area contributed by atoms with Gasteiger partial charge in [-0.15, -0.1) is 0 Å². The summed E-state index contributed by atoms with van der Waals surface area (Å²) in [6.45, 7) is 2.24. The van der Waals surface area contributed by atoms with Crippen LogP contribution in [0.15, 0.2) is 97.1 Å². The van der Waals surface area contributed by atoms with E-state index < -0.39 is 0 Å². The number of aromatic nitrogens is 3. The number of fused-ring (bicyclic) bond motifs is 6. The van der Waals surface area contributed by atoms with E-state index >= 15 is 0 Å². The topological polar surface area (TPSA) is 22.8 Å². The first kappa shape index (κ1) is 30.0. The van der Waals surface area contributed by atoms with Gasteiger partial charge in [-0.1, -0.05) is 48.5 Å². The van der Waals surface area contributed by atoms with Gasteiger partial charge in [-0.05, 0) is 196 Å². The van der Waals surface area contributed by atoms with Crippen LogP contribution < -0.4 is 0 Å². The van der Waals surface area contributed by atoms with Crippen molar-refractivity contribution in [2.75, 3.05) is 0 Å². The lowest BCUT2D eigenvalue weighted by Gasteiger charge is -2.57. The molecule has 15 rings (SSSR count). The van der Waals surface area contributed by atoms with Crippen molar-refractivity contribution in [1.29, 1.82) is 0 Å². The molecule has 0 radical (unpaired) electrons. The molecule has 264 valence electrons. The van der Waals surface area contributed by atoms with E-state index in [1.165, 1.54) is 126 Å². The monoisotopic (exact) mass is 691 g/mol. The van der Waals surface area contributed by atoms with Crippen LogP contribution in [0.2, 0.25) is 0 Å². The second kappa shape index (κ2) is 10.4. The highest BCUT2D eigenvalue weighted by molar-refractivity contribution is 6.10. The molecule has 8 bridgehead atoms. The molecule has 0 amide bonds. The molecule has 7 aromatic rings. The highest BCUT2D eigenvalue weighted by atomic mass is 15.1. The number of hydrogen-bond acceptors (Lipinski definition) is 1. The fraction of sp³-hybridized carbons (Fsp3) is 0.420. The maximum atomic E-state index is 5.60. The summed E-state index contributed by atoms with van der Waals surface area (Å²) in [5, 5.41) is 5.45. The van der Waals surface area contributed by atoms with Crippen LogP contribution in [0.1, 0.15) is 93.7 Å². The zero-order chi connectivity index (χ0) is 34.6. The normalized spacial score (nSPS) is 32.6. The largest absolute Gasteiger partial charge is 0.294 e. The molecule has 8 fully saturated rings. The van der Waals surface area contributed by atoms with E-state index in [0.717, 1.165) is 47.1 Å².